The molecule has 0 aliphatic carbocycles. The number of anilines is 1. The number of hydrogen-bond donors (Lipinski definition) is 1. The molecule has 6 nitrogen and oxygen atoms in total. The van der Waals surface area contributed by atoms with Crippen LogP contribution < -0.4 is 5.73 Å². The molecule has 82 valence electrons. The van der Waals surface area contributed by atoms with Crippen LogP contribution in [0.5, 0.6) is 0 Å². The van der Waals surface area contributed by atoms with Gasteiger partial charge in [-0.2, -0.15) is 0 Å². The van der Waals surface area contributed by atoms with Gasteiger partial charge in [-0.05, 0) is 17.8 Å². The molecule has 0 unspecified atom stereocenters. The first-order valence-electron chi connectivity index (χ1n) is 4.27. The maximum atomic E-state index is 10.6. The summed E-state index contributed by atoms with van der Waals surface area (Å²) in [5.41, 5.74) is 5.85. The lowest BCUT2D eigenvalue weighted by Gasteiger charge is -1.99. The molecular weight excluding hydrogens is 230 g/mol. The van der Waals surface area contributed by atoms with Crippen LogP contribution in [0.4, 0.5) is 11.4 Å². The van der Waals surface area contributed by atoms with Crippen LogP contribution in [0.15, 0.2) is 45.2 Å². The number of nitro benzene ring substituents is 1. The largest absolute Gasteiger partial charge is 0.440 e. The third-order valence-electron chi connectivity index (χ3n) is 1.74. The predicted octanol–water partition coefficient (Wildman–Crippen LogP) is 2.32. The molecule has 0 radical (unpaired) electrons. The summed E-state index contributed by atoms with van der Waals surface area (Å²) >= 11 is 1.18. The number of nitrogens with two attached hydrogens (primary N) is 1. The van der Waals surface area contributed by atoms with E-state index in [1.165, 1.54) is 36.4 Å². The summed E-state index contributed by atoms with van der Waals surface area (Å²) in [6.45, 7) is 0. The van der Waals surface area contributed by atoms with Crippen LogP contribution in [0, 0.1) is 10.1 Å². The molecule has 16 heavy (non-hydrogen) atoms. The first kappa shape index (κ1) is 10.5. The Labute approximate surface area is 94.6 Å². The zero-order chi connectivity index (χ0) is 11.5. The van der Waals surface area contributed by atoms with Gasteiger partial charge in [-0.3, -0.25) is 10.1 Å². The maximum absolute atomic E-state index is 10.6. The summed E-state index contributed by atoms with van der Waals surface area (Å²) < 4.78 is 5.02. The van der Waals surface area contributed by atoms with Crippen LogP contribution in [0.2, 0.25) is 0 Å². The van der Waals surface area contributed by atoms with Crippen LogP contribution in [0.1, 0.15) is 0 Å². The average Bonchev–Trinajstić information content (AvgIpc) is 2.69. The number of oxazole rings is 1. The van der Waals surface area contributed by atoms with E-state index in [1.54, 1.807) is 6.07 Å². The highest BCUT2D eigenvalue weighted by Gasteiger charge is 2.10. The van der Waals surface area contributed by atoms with E-state index in [9.17, 15) is 10.1 Å². The van der Waals surface area contributed by atoms with E-state index < -0.39 is 4.92 Å². The minimum atomic E-state index is -0.490. The van der Waals surface area contributed by atoms with Gasteiger partial charge >= 0.3 is 0 Å². The number of aromatic nitrogens is 1. The highest BCUT2D eigenvalue weighted by molar-refractivity contribution is 7.99. The Morgan fingerprint density at radius 3 is 2.88 bits per heavy atom. The Kier molecular flexibility index (Phi) is 2.78. The minimum absolute atomic E-state index is 0.0472. The van der Waals surface area contributed by atoms with Crippen molar-refractivity contribution >= 4 is 23.1 Å². The summed E-state index contributed by atoms with van der Waals surface area (Å²) in [6.07, 6.45) is 2.94. The molecule has 2 N–H and O–H groups in total. The normalized spacial score (nSPS) is 10.2. The second-order valence-corrected chi connectivity index (χ2v) is 3.94. The molecule has 2 aromatic rings. The van der Waals surface area contributed by atoms with Crippen LogP contribution in [0.3, 0.4) is 0 Å². The molecule has 1 aromatic heterocycles. The van der Waals surface area contributed by atoms with E-state index in [1.807, 2.05) is 0 Å². The van der Waals surface area contributed by atoms with Crippen LogP contribution in [-0.4, -0.2) is 9.91 Å². The van der Waals surface area contributed by atoms with E-state index in [0.29, 0.717) is 15.8 Å². The van der Waals surface area contributed by atoms with Crippen molar-refractivity contribution in [2.45, 2.75) is 10.1 Å². The van der Waals surface area contributed by atoms with Crippen molar-refractivity contribution < 1.29 is 9.34 Å². The molecule has 0 atom stereocenters. The second kappa shape index (κ2) is 4.23. The summed E-state index contributed by atoms with van der Waals surface area (Å²) in [6, 6.07) is 4.35. The van der Waals surface area contributed by atoms with Crippen LogP contribution >= 0.6 is 11.8 Å². The van der Waals surface area contributed by atoms with Crippen molar-refractivity contribution in [3.63, 3.8) is 0 Å². The maximum Gasteiger partial charge on any atom is 0.272 e. The Hall–Kier alpha value is -2.02. The van der Waals surface area contributed by atoms with Gasteiger partial charge < -0.3 is 10.2 Å². The average molecular weight is 237 g/mol. The van der Waals surface area contributed by atoms with Crippen molar-refractivity contribution in [2.24, 2.45) is 0 Å². The summed E-state index contributed by atoms with van der Waals surface area (Å²) in [5, 5.41) is 11.0. The molecule has 0 spiro atoms. The Bertz CT molecular complexity index is 513. The first-order chi connectivity index (χ1) is 7.65. The van der Waals surface area contributed by atoms with Gasteiger partial charge in [0.15, 0.2) is 0 Å². The monoisotopic (exact) mass is 237 g/mol. The van der Waals surface area contributed by atoms with Gasteiger partial charge in [-0.15, -0.1) is 0 Å². The molecule has 0 amide bonds. The number of benzene rings is 1. The van der Waals surface area contributed by atoms with E-state index in [-0.39, 0.29) is 5.69 Å². The molecule has 7 heteroatoms. The SMILES string of the molecule is Nc1cc(Sc2ncco2)cc([N+](=O)[O-])c1. The lowest BCUT2D eigenvalue weighted by Crippen LogP contribution is -1.92. The van der Waals surface area contributed by atoms with E-state index in [4.69, 9.17) is 10.2 Å². The summed E-state index contributed by atoms with van der Waals surface area (Å²) in [4.78, 5) is 14.6. The molecule has 2 rings (SSSR count). The fourth-order valence-electron chi connectivity index (χ4n) is 1.13. The molecule has 0 aliphatic rings. The lowest BCUT2D eigenvalue weighted by molar-refractivity contribution is -0.385. The van der Waals surface area contributed by atoms with E-state index in [0.717, 1.165) is 0 Å². The van der Waals surface area contributed by atoms with Crippen LogP contribution in [-0.2, 0) is 0 Å². The Morgan fingerprint density at radius 1 is 1.44 bits per heavy atom. The highest BCUT2D eigenvalue weighted by Crippen LogP contribution is 2.30. The smallest absolute Gasteiger partial charge is 0.272 e. The number of nitrogen functional groups attached to an aromatic ring is 1. The second-order valence-electron chi connectivity index (χ2n) is 2.92. The van der Waals surface area contributed by atoms with Gasteiger partial charge in [0.1, 0.15) is 6.26 Å². The molecule has 0 saturated carbocycles. The molecular formula is C9H7N3O3S. The fourth-order valence-corrected chi connectivity index (χ4v) is 1.93. The van der Waals surface area contributed by atoms with Crippen LogP contribution in [0.25, 0.3) is 0 Å². The first-order valence-corrected chi connectivity index (χ1v) is 5.09. The molecule has 0 fully saturated rings. The van der Waals surface area contributed by atoms with Gasteiger partial charge in [0.2, 0.25) is 0 Å². The molecule has 0 aliphatic heterocycles. The van der Waals surface area contributed by atoms with Gasteiger partial charge in [0, 0.05) is 22.7 Å². The summed E-state index contributed by atoms with van der Waals surface area (Å²) in [7, 11) is 0. The Morgan fingerprint density at radius 2 is 2.25 bits per heavy atom. The van der Waals surface area contributed by atoms with E-state index in [2.05, 4.69) is 4.98 Å². The number of nitro groups is 1. The molecule has 1 aromatic carbocycles. The molecule has 1 heterocycles. The zero-order valence-electron chi connectivity index (χ0n) is 7.99. The van der Waals surface area contributed by atoms with Crippen molar-refractivity contribution in [3.05, 3.63) is 40.8 Å². The highest BCUT2D eigenvalue weighted by atomic mass is 32.2. The van der Waals surface area contributed by atoms with Gasteiger partial charge in [0.25, 0.3) is 10.9 Å². The summed E-state index contributed by atoms with van der Waals surface area (Å²) in [5.74, 6) is 0. The van der Waals surface area contributed by atoms with Gasteiger partial charge in [-0.25, -0.2) is 4.98 Å². The number of non-ortho nitro benzene ring substituents is 1. The molecule has 0 saturated heterocycles. The minimum Gasteiger partial charge on any atom is -0.440 e. The standard InChI is InChI=1S/C9H7N3O3S/c10-6-3-7(12(13)14)5-8(4-6)16-9-11-1-2-15-9/h1-5H,10H2. The van der Waals surface area contributed by atoms with Gasteiger partial charge in [-0.1, -0.05) is 0 Å². The number of hydrogen-bond acceptors (Lipinski definition) is 6. The number of rotatable bonds is 3. The third kappa shape index (κ3) is 2.31. The Balaban J connectivity index is 2.31. The zero-order valence-corrected chi connectivity index (χ0v) is 8.81. The van der Waals surface area contributed by atoms with Crippen molar-refractivity contribution in [3.8, 4) is 0 Å². The van der Waals surface area contributed by atoms with Gasteiger partial charge in [0.05, 0.1) is 11.1 Å². The van der Waals surface area contributed by atoms with Crippen molar-refractivity contribution in [1.82, 2.24) is 4.98 Å². The fraction of sp³-hybridized carbons (Fsp3) is 0. The molecule has 0 bridgehead atoms. The third-order valence-corrected chi connectivity index (χ3v) is 2.59. The van der Waals surface area contributed by atoms with Crippen molar-refractivity contribution in [1.29, 1.82) is 0 Å². The van der Waals surface area contributed by atoms with E-state index >= 15 is 0 Å². The van der Waals surface area contributed by atoms with Crippen molar-refractivity contribution in [2.75, 3.05) is 5.73 Å². The number of nitrogens with zero attached hydrogens (tertiary/aromatic N) is 2. The lowest BCUT2D eigenvalue weighted by atomic mass is 10.3. The quantitative estimate of drug-likeness (QED) is 0.500. The predicted molar refractivity (Wildman–Crippen MR) is 58.1 cm³/mol. The topological polar surface area (TPSA) is 95.2 Å².